The smallest absolute Gasteiger partial charge is 0.193 e. The Kier molecular flexibility index (Phi) is 8.84. The van der Waals surface area contributed by atoms with Crippen molar-refractivity contribution in [1.82, 2.24) is 0 Å². The molecule has 0 saturated carbocycles. The molecule has 0 spiro atoms. The minimum atomic E-state index is -0.974. The molecule has 0 radical (unpaired) electrons. The summed E-state index contributed by atoms with van der Waals surface area (Å²) in [4.78, 5) is 29.1. The molecule has 3 nitrogen and oxygen atoms in total. The lowest BCUT2D eigenvalue weighted by Crippen LogP contribution is -2.30. The SMILES string of the molecule is COc1ccc2c(c1)C(c1cc(C(=O)c3ccccc3)cc(C(=O)c3ccccc3)c1)(c1cc(-c3ccccc3)cc(-c3ccccc3)c1)c1cc(C)ccc1-2. The highest BCUT2D eigenvalue weighted by atomic mass is 16.5. The molecular formula is C53H38O3. The zero-order valence-corrected chi connectivity index (χ0v) is 31.2. The average Bonchev–Trinajstić information content (AvgIpc) is 3.56. The van der Waals surface area contributed by atoms with Gasteiger partial charge in [0.05, 0.1) is 12.5 Å². The standard InChI is InChI=1S/C53H38O3/c1-35-23-25-47-48-26-24-46(56-2)34-50(48)53(49(47)27-35,44-30-40(36-15-7-3-8-16-36)28-41(31-44)37-17-9-4-10-18-37)45-32-42(51(54)38-19-11-5-12-20-38)29-43(33-45)52(55)39-21-13-6-14-22-39/h3-34H,1-2H3. The first-order valence-electron chi connectivity index (χ1n) is 18.9. The number of rotatable bonds is 9. The minimum absolute atomic E-state index is 0.152. The quantitative estimate of drug-likeness (QED) is 0.139. The maximum absolute atomic E-state index is 14.6. The maximum atomic E-state index is 14.6. The second-order valence-corrected chi connectivity index (χ2v) is 14.4. The van der Waals surface area contributed by atoms with E-state index in [-0.39, 0.29) is 11.6 Å². The Labute approximate surface area is 327 Å². The second kappa shape index (κ2) is 14.3. The van der Waals surface area contributed by atoms with Crippen molar-refractivity contribution < 1.29 is 14.3 Å². The number of ketones is 2. The first-order chi connectivity index (χ1) is 27.4. The van der Waals surface area contributed by atoms with Gasteiger partial charge in [-0.3, -0.25) is 9.59 Å². The van der Waals surface area contributed by atoms with Crippen molar-refractivity contribution in [3.8, 4) is 39.1 Å². The van der Waals surface area contributed by atoms with Crippen LogP contribution in [0, 0.1) is 6.92 Å². The van der Waals surface area contributed by atoms with Crippen LogP contribution in [0.1, 0.15) is 59.7 Å². The topological polar surface area (TPSA) is 43.4 Å². The van der Waals surface area contributed by atoms with Gasteiger partial charge in [-0.1, -0.05) is 151 Å². The lowest BCUT2D eigenvalue weighted by Gasteiger charge is -2.35. The van der Waals surface area contributed by atoms with Gasteiger partial charge in [0.2, 0.25) is 0 Å². The van der Waals surface area contributed by atoms with Crippen molar-refractivity contribution in [1.29, 1.82) is 0 Å². The van der Waals surface area contributed by atoms with E-state index >= 15 is 0 Å². The molecule has 268 valence electrons. The predicted octanol–water partition coefficient (Wildman–Crippen LogP) is 12.2. The molecule has 0 amide bonds. The molecule has 0 saturated heterocycles. The summed E-state index contributed by atoms with van der Waals surface area (Å²) in [5.74, 6) is 0.416. The molecule has 56 heavy (non-hydrogen) atoms. The lowest BCUT2D eigenvalue weighted by atomic mass is 9.66. The predicted molar refractivity (Wildman–Crippen MR) is 226 cm³/mol. The number of benzene rings is 8. The van der Waals surface area contributed by atoms with E-state index in [1.54, 1.807) is 13.2 Å². The highest BCUT2D eigenvalue weighted by molar-refractivity contribution is 6.13. The highest BCUT2D eigenvalue weighted by Gasteiger charge is 2.47. The van der Waals surface area contributed by atoms with E-state index in [1.165, 1.54) is 0 Å². The largest absolute Gasteiger partial charge is 0.497 e. The normalized spacial score (nSPS) is 14.1. The van der Waals surface area contributed by atoms with Crippen LogP contribution in [0.15, 0.2) is 194 Å². The van der Waals surface area contributed by atoms with Crippen LogP contribution in [0.5, 0.6) is 5.75 Å². The fourth-order valence-electron chi connectivity index (χ4n) is 8.39. The van der Waals surface area contributed by atoms with Crippen LogP contribution in [-0.4, -0.2) is 18.7 Å². The van der Waals surface area contributed by atoms with Crippen LogP contribution in [0.25, 0.3) is 33.4 Å². The van der Waals surface area contributed by atoms with Crippen molar-refractivity contribution >= 4 is 11.6 Å². The van der Waals surface area contributed by atoms with Crippen molar-refractivity contribution in [2.45, 2.75) is 12.3 Å². The Morgan fingerprint density at radius 3 is 1.36 bits per heavy atom. The first kappa shape index (κ1) is 34.7. The molecule has 1 atom stereocenters. The molecule has 9 rings (SSSR count). The van der Waals surface area contributed by atoms with E-state index in [1.807, 2.05) is 91.0 Å². The number of fused-ring (bicyclic) bond motifs is 3. The number of hydrogen-bond donors (Lipinski definition) is 0. The average molecular weight is 723 g/mol. The molecule has 0 bridgehead atoms. The molecule has 8 aromatic rings. The van der Waals surface area contributed by atoms with Crippen LogP contribution in [0.4, 0.5) is 0 Å². The Bertz CT molecular complexity index is 2630. The third-order valence-electron chi connectivity index (χ3n) is 11.0. The van der Waals surface area contributed by atoms with E-state index < -0.39 is 5.41 Å². The van der Waals surface area contributed by atoms with E-state index in [2.05, 4.69) is 104 Å². The van der Waals surface area contributed by atoms with Gasteiger partial charge >= 0.3 is 0 Å². The van der Waals surface area contributed by atoms with Crippen LogP contribution in [-0.2, 0) is 5.41 Å². The fraction of sp³-hybridized carbons (Fsp3) is 0.0566. The van der Waals surface area contributed by atoms with Crippen LogP contribution < -0.4 is 4.74 Å². The van der Waals surface area contributed by atoms with Gasteiger partial charge in [-0.25, -0.2) is 0 Å². The van der Waals surface area contributed by atoms with E-state index in [0.717, 1.165) is 66.9 Å². The van der Waals surface area contributed by atoms with Gasteiger partial charge < -0.3 is 4.74 Å². The number of methoxy groups -OCH3 is 1. The molecule has 0 aliphatic heterocycles. The number of carbonyl (C=O) groups excluding carboxylic acids is 2. The molecule has 1 aliphatic carbocycles. The summed E-state index contributed by atoms with van der Waals surface area (Å²) >= 11 is 0. The van der Waals surface area contributed by atoms with Gasteiger partial charge in [0.1, 0.15) is 5.75 Å². The molecule has 0 heterocycles. The van der Waals surface area contributed by atoms with Gasteiger partial charge in [0.15, 0.2) is 11.6 Å². The van der Waals surface area contributed by atoms with E-state index in [4.69, 9.17) is 4.74 Å². The molecule has 0 N–H and O–H groups in total. The van der Waals surface area contributed by atoms with E-state index in [9.17, 15) is 9.59 Å². The third-order valence-corrected chi connectivity index (χ3v) is 11.0. The lowest BCUT2D eigenvalue weighted by molar-refractivity contribution is 0.103. The number of carbonyl (C=O) groups is 2. The van der Waals surface area contributed by atoms with Crippen molar-refractivity contribution in [3.63, 3.8) is 0 Å². The molecule has 1 aliphatic rings. The monoisotopic (exact) mass is 722 g/mol. The van der Waals surface area contributed by atoms with Crippen molar-refractivity contribution in [2.75, 3.05) is 7.11 Å². The summed E-state index contributed by atoms with van der Waals surface area (Å²) < 4.78 is 5.94. The molecule has 8 aromatic carbocycles. The van der Waals surface area contributed by atoms with Gasteiger partial charge in [-0.05, 0) is 111 Å². The van der Waals surface area contributed by atoms with Crippen LogP contribution in [0.2, 0.25) is 0 Å². The number of hydrogen-bond acceptors (Lipinski definition) is 3. The summed E-state index contributed by atoms with van der Waals surface area (Å²) in [6.07, 6.45) is 0. The highest BCUT2D eigenvalue weighted by Crippen LogP contribution is 2.58. The molecule has 3 heteroatoms. The van der Waals surface area contributed by atoms with Crippen molar-refractivity contribution in [2.24, 2.45) is 0 Å². The summed E-state index contributed by atoms with van der Waals surface area (Å²) in [6, 6.07) is 65.0. The van der Waals surface area contributed by atoms with Gasteiger partial charge in [0.25, 0.3) is 0 Å². The Balaban J connectivity index is 1.44. The molecule has 1 unspecified atom stereocenters. The first-order valence-corrected chi connectivity index (χ1v) is 18.9. The third kappa shape index (κ3) is 5.95. The molecule has 0 aromatic heterocycles. The van der Waals surface area contributed by atoms with Gasteiger partial charge in [-0.15, -0.1) is 0 Å². The van der Waals surface area contributed by atoms with Gasteiger partial charge in [0, 0.05) is 22.3 Å². The zero-order chi connectivity index (χ0) is 38.2. The fourth-order valence-corrected chi connectivity index (χ4v) is 8.39. The Morgan fingerprint density at radius 1 is 0.411 bits per heavy atom. The summed E-state index contributed by atoms with van der Waals surface area (Å²) in [5, 5.41) is 0. The Morgan fingerprint density at radius 2 is 0.857 bits per heavy atom. The number of ether oxygens (including phenoxy) is 1. The van der Waals surface area contributed by atoms with Crippen LogP contribution in [0.3, 0.4) is 0 Å². The maximum Gasteiger partial charge on any atom is 0.193 e. The molecular weight excluding hydrogens is 685 g/mol. The summed E-state index contributed by atoms with van der Waals surface area (Å²) in [7, 11) is 1.69. The van der Waals surface area contributed by atoms with Crippen molar-refractivity contribution in [3.05, 3.63) is 244 Å². The molecule has 0 fully saturated rings. The van der Waals surface area contributed by atoms with Crippen LogP contribution >= 0.6 is 0 Å². The summed E-state index contributed by atoms with van der Waals surface area (Å²) in [6.45, 7) is 2.12. The second-order valence-electron chi connectivity index (χ2n) is 14.4. The minimum Gasteiger partial charge on any atom is -0.497 e. The van der Waals surface area contributed by atoms with Gasteiger partial charge in [-0.2, -0.15) is 0 Å². The van der Waals surface area contributed by atoms with E-state index in [0.29, 0.717) is 22.3 Å². The summed E-state index contributed by atoms with van der Waals surface area (Å²) in [5.41, 5.74) is 12.5. The number of aryl methyl sites for hydroxylation is 1. The Hall–Kier alpha value is -7.10. The zero-order valence-electron chi connectivity index (χ0n) is 31.2.